The first kappa shape index (κ1) is 25.1. The number of fused-ring (bicyclic) bond motifs is 1. The Hall–Kier alpha value is -4.03. The lowest BCUT2D eigenvalue weighted by molar-refractivity contribution is 0.0589. The number of carbonyl (C=O) groups is 1. The number of amidine groups is 1. The molecule has 1 fully saturated rings. The second-order valence-electron chi connectivity index (χ2n) is 7.88. The van der Waals surface area contributed by atoms with E-state index in [9.17, 15) is 9.18 Å². The predicted octanol–water partition coefficient (Wildman–Crippen LogP) is 3.39. The Bertz CT molecular complexity index is 1330. The third kappa shape index (κ3) is 5.96. The number of benzene rings is 1. The maximum atomic E-state index is 14.5. The lowest BCUT2D eigenvalue weighted by Crippen LogP contribution is -2.44. The minimum absolute atomic E-state index is 0.0267. The molecule has 4 rings (SSSR count). The molecule has 0 aliphatic carbocycles. The highest BCUT2D eigenvalue weighted by molar-refractivity contribution is 8.12. The van der Waals surface area contributed by atoms with Gasteiger partial charge in [-0.25, -0.2) is 18.7 Å². The number of anilines is 1. The van der Waals surface area contributed by atoms with Crippen molar-refractivity contribution in [1.82, 2.24) is 19.0 Å². The van der Waals surface area contributed by atoms with Crippen LogP contribution in [0.15, 0.2) is 71.2 Å². The SMILES string of the molecule is C=N/C(=N\OCC1CN(SC(=N)/C=C\NC)C1)c1ccc(F)c(NC(=O)c2cnc3ccccn23)c1. The lowest BCUT2D eigenvalue weighted by Gasteiger charge is -2.36. The molecule has 0 unspecified atom stereocenters. The van der Waals surface area contributed by atoms with Gasteiger partial charge in [0.1, 0.15) is 28.8 Å². The molecular formula is C24H25FN8O2S. The van der Waals surface area contributed by atoms with Crippen molar-refractivity contribution in [2.24, 2.45) is 16.1 Å². The highest BCUT2D eigenvalue weighted by atomic mass is 32.2. The second kappa shape index (κ2) is 11.6. The van der Waals surface area contributed by atoms with Crippen LogP contribution in [-0.2, 0) is 4.84 Å². The molecular weight excluding hydrogens is 483 g/mol. The number of hydrogen-bond donors (Lipinski definition) is 3. The van der Waals surface area contributed by atoms with E-state index in [1.54, 1.807) is 42.1 Å². The highest BCUT2D eigenvalue weighted by Crippen LogP contribution is 2.25. The van der Waals surface area contributed by atoms with Crippen molar-refractivity contribution >= 4 is 46.8 Å². The van der Waals surface area contributed by atoms with E-state index in [4.69, 9.17) is 10.2 Å². The van der Waals surface area contributed by atoms with Gasteiger partial charge < -0.3 is 15.5 Å². The van der Waals surface area contributed by atoms with E-state index in [1.165, 1.54) is 36.3 Å². The molecule has 36 heavy (non-hydrogen) atoms. The number of amides is 1. The minimum atomic E-state index is -0.604. The molecule has 1 amide bonds. The summed E-state index contributed by atoms with van der Waals surface area (Å²) in [6.45, 7) is 5.43. The van der Waals surface area contributed by atoms with Crippen LogP contribution in [0.4, 0.5) is 10.1 Å². The number of pyridine rings is 1. The smallest absolute Gasteiger partial charge is 0.274 e. The van der Waals surface area contributed by atoms with Gasteiger partial charge in [-0.2, -0.15) is 0 Å². The van der Waals surface area contributed by atoms with E-state index in [-0.39, 0.29) is 23.1 Å². The molecule has 0 spiro atoms. The predicted molar refractivity (Wildman–Crippen MR) is 140 cm³/mol. The fourth-order valence-electron chi connectivity index (χ4n) is 3.45. The standard InChI is InChI=1S/C24H25FN8O2S/c1-27-9-8-21(26)36-32-13-16(14-32)15-35-31-23(28-2)17-6-7-18(25)19(11-17)30-24(34)20-12-29-22-5-3-4-10-33(20)22/h3-12,16,26-27H,2,13-15H2,1H3,(H,30,34)/b9-8-,26-21?,31-23-. The summed E-state index contributed by atoms with van der Waals surface area (Å²) in [5, 5.41) is 17.8. The minimum Gasteiger partial charge on any atom is -0.394 e. The van der Waals surface area contributed by atoms with Crippen molar-refractivity contribution in [3.8, 4) is 0 Å². The molecule has 0 saturated carbocycles. The van der Waals surface area contributed by atoms with Crippen LogP contribution in [0.5, 0.6) is 0 Å². The van der Waals surface area contributed by atoms with Crippen molar-refractivity contribution in [3.63, 3.8) is 0 Å². The zero-order valence-electron chi connectivity index (χ0n) is 19.5. The second-order valence-corrected chi connectivity index (χ2v) is 9.02. The summed E-state index contributed by atoms with van der Waals surface area (Å²) in [4.78, 5) is 26.3. The Morgan fingerprint density at radius 3 is 3.00 bits per heavy atom. The van der Waals surface area contributed by atoms with E-state index in [0.29, 0.717) is 22.9 Å². The Balaban J connectivity index is 1.35. The summed E-state index contributed by atoms with van der Waals surface area (Å²) in [7, 11) is 1.78. The van der Waals surface area contributed by atoms with E-state index >= 15 is 0 Å². The van der Waals surface area contributed by atoms with Crippen LogP contribution in [-0.4, -0.2) is 63.9 Å². The average molecular weight is 509 g/mol. The van der Waals surface area contributed by atoms with Crippen LogP contribution < -0.4 is 10.6 Å². The number of halogens is 1. The molecule has 2 aromatic heterocycles. The molecule has 0 atom stereocenters. The summed E-state index contributed by atoms with van der Waals surface area (Å²) in [6, 6.07) is 9.50. The Kier molecular flexibility index (Phi) is 8.08. The number of rotatable bonds is 9. The summed E-state index contributed by atoms with van der Waals surface area (Å²) in [5.41, 5.74) is 1.29. The van der Waals surface area contributed by atoms with Gasteiger partial charge in [0.15, 0.2) is 5.84 Å². The molecule has 1 aliphatic rings. The number of nitrogens with zero attached hydrogens (tertiary/aromatic N) is 5. The fourth-order valence-corrected chi connectivity index (χ4v) is 4.43. The van der Waals surface area contributed by atoms with Gasteiger partial charge in [-0.05, 0) is 61.3 Å². The first-order valence-electron chi connectivity index (χ1n) is 11.0. The molecule has 1 aliphatic heterocycles. The van der Waals surface area contributed by atoms with E-state index in [0.717, 1.165) is 13.1 Å². The summed E-state index contributed by atoms with van der Waals surface area (Å²) in [6.07, 6.45) is 6.54. The molecule has 186 valence electrons. The molecule has 3 N–H and O–H groups in total. The quantitative estimate of drug-likeness (QED) is 0.176. The molecule has 3 aromatic rings. The number of imidazole rings is 1. The molecule has 1 aromatic carbocycles. The number of hydrogen-bond acceptors (Lipinski definition) is 8. The van der Waals surface area contributed by atoms with E-state index < -0.39 is 11.7 Å². The normalized spacial score (nSPS) is 14.6. The first-order valence-corrected chi connectivity index (χ1v) is 11.8. The van der Waals surface area contributed by atoms with Gasteiger partial charge in [-0.15, -0.1) is 0 Å². The van der Waals surface area contributed by atoms with Crippen molar-refractivity contribution < 1.29 is 14.0 Å². The fraction of sp³-hybridized carbons (Fsp3) is 0.208. The van der Waals surface area contributed by atoms with Gasteiger partial charge in [-0.1, -0.05) is 11.2 Å². The van der Waals surface area contributed by atoms with Crippen molar-refractivity contribution in [1.29, 1.82) is 5.41 Å². The lowest BCUT2D eigenvalue weighted by atomic mass is 10.1. The Morgan fingerprint density at radius 2 is 2.22 bits per heavy atom. The van der Waals surface area contributed by atoms with Crippen LogP contribution in [0.2, 0.25) is 0 Å². The van der Waals surface area contributed by atoms with Crippen molar-refractivity contribution in [2.45, 2.75) is 0 Å². The van der Waals surface area contributed by atoms with Crippen LogP contribution in [0, 0.1) is 17.1 Å². The summed E-state index contributed by atoms with van der Waals surface area (Å²) < 4.78 is 18.2. The van der Waals surface area contributed by atoms with E-state index in [1.807, 2.05) is 6.07 Å². The highest BCUT2D eigenvalue weighted by Gasteiger charge is 2.28. The number of nitrogens with one attached hydrogen (secondary N) is 3. The molecule has 12 heteroatoms. The largest absolute Gasteiger partial charge is 0.394 e. The van der Waals surface area contributed by atoms with Crippen LogP contribution in [0.1, 0.15) is 16.1 Å². The third-order valence-electron chi connectivity index (χ3n) is 5.29. The molecule has 0 radical (unpaired) electrons. The first-order chi connectivity index (χ1) is 17.5. The van der Waals surface area contributed by atoms with Gasteiger partial charge in [0, 0.05) is 37.8 Å². The Morgan fingerprint density at radius 1 is 1.39 bits per heavy atom. The number of aromatic nitrogens is 2. The number of aliphatic imine (C=N–C) groups is 1. The Labute approximate surface area is 211 Å². The number of oxime groups is 1. The van der Waals surface area contributed by atoms with Gasteiger partial charge in [0.25, 0.3) is 5.91 Å². The van der Waals surface area contributed by atoms with Gasteiger partial charge >= 0.3 is 0 Å². The van der Waals surface area contributed by atoms with Gasteiger partial charge in [0.05, 0.1) is 11.9 Å². The van der Waals surface area contributed by atoms with Crippen LogP contribution >= 0.6 is 11.9 Å². The van der Waals surface area contributed by atoms with Gasteiger partial charge in [-0.3, -0.25) is 14.6 Å². The molecule has 0 bridgehead atoms. The number of carbonyl (C=O) groups excluding carboxylic acids is 1. The summed E-state index contributed by atoms with van der Waals surface area (Å²) >= 11 is 1.37. The van der Waals surface area contributed by atoms with Crippen molar-refractivity contribution in [3.05, 3.63) is 78.1 Å². The van der Waals surface area contributed by atoms with Gasteiger partial charge in [0.2, 0.25) is 0 Å². The molecule has 3 heterocycles. The molecule has 10 nitrogen and oxygen atoms in total. The van der Waals surface area contributed by atoms with Crippen LogP contribution in [0.25, 0.3) is 5.65 Å². The third-order valence-corrected chi connectivity index (χ3v) is 6.18. The maximum Gasteiger partial charge on any atom is 0.274 e. The summed E-state index contributed by atoms with van der Waals surface area (Å²) in [5.74, 6) is -0.674. The topological polar surface area (TPSA) is 119 Å². The van der Waals surface area contributed by atoms with Crippen molar-refractivity contribution in [2.75, 3.05) is 32.1 Å². The maximum absolute atomic E-state index is 14.5. The van der Waals surface area contributed by atoms with Crippen LogP contribution in [0.3, 0.4) is 0 Å². The van der Waals surface area contributed by atoms with E-state index in [2.05, 4.69) is 36.8 Å². The molecule has 1 saturated heterocycles. The zero-order valence-corrected chi connectivity index (χ0v) is 20.3. The average Bonchev–Trinajstić information content (AvgIpc) is 3.29. The zero-order chi connectivity index (χ0) is 25.5. The monoisotopic (exact) mass is 508 g/mol.